The fourth-order valence-electron chi connectivity index (χ4n) is 2.13. The maximum Gasteiger partial charge on any atom is 0.230 e. The van der Waals surface area contributed by atoms with Gasteiger partial charge in [0.15, 0.2) is 0 Å². The molecule has 0 bridgehead atoms. The van der Waals surface area contributed by atoms with E-state index in [1.54, 1.807) is 11.8 Å². The van der Waals surface area contributed by atoms with Gasteiger partial charge >= 0.3 is 0 Å². The minimum atomic E-state index is -0.211. The highest BCUT2D eigenvalue weighted by atomic mass is 32.2. The van der Waals surface area contributed by atoms with Crippen molar-refractivity contribution in [2.75, 3.05) is 18.1 Å². The number of carbonyl (C=O) groups is 1. The van der Waals surface area contributed by atoms with Crippen molar-refractivity contribution in [1.82, 2.24) is 5.32 Å². The number of unbranched alkanes of at least 4 members (excludes halogenated alkanes) is 1. The summed E-state index contributed by atoms with van der Waals surface area (Å²) in [7, 11) is 0. The van der Waals surface area contributed by atoms with Gasteiger partial charge in [0, 0.05) is 12.5 Å². The normalized spacial score (nSPS) is 24.6. The zero-order chi connectivity index (χ0) is 12.5. The van der Waals surface area contributed by atoms with Crippen molar-refractivity contribution in [3.05, 3.63) is 0 Å². The number of carbonyl (C=O) groups excluding carboxylic acids is 1. The van der Waals surface area contributed by atoms with Crippen molar-refractivity contribution in [1.29, 1.82) is 0 Å². The lowest BCUT2D eigenvalue weighted by Crippen LogP contribution is -2.37. The van der Waals surface area contributed by atoms with Crippen LogP contribution >= 0.6 is 11.8 Å². The largest absolute Gasteiger partial charge is 0.393 e. The summed E-state index contributed by atoms with van der Waals surface area (Å²) in [5.41, 5.74) is 0. The first-order chi connectivity index (χ1) is 8.24. The number of thioether (sulfide) groups is 1. The summed E-state index contributed by atoms with van der Waals surface area (Å²) in [6.45, 7) is 2.80. The lowest BCUT2D eigenvalue weighted by Gasteiger charge is -2.27. The molecule has 0 radical (unpaired) electrons. The summed E-state index contributed by atoms with van der Waals surface area (Å²) >= 11 is 1.70. The molecule has 1 fully saturated rings. The molecule has 0 aromatic rings. The van der Waals surface area contributed by atoms with Gasteiger partial charge in [-0.15, -0.1) is 0 Å². The first-order valence-corrected chi connectivity index (χ1v) is 7.92. The van der Waals surface area contributed by atoms with Crippen LogP contribution in [0.1, 0.15) is 45.4 Å². The predicted molar refractivity (Wildman–Crippen MR) is 73.2 cm³/mol. The SMILES string of the molecule is CCCCSCC(=O)NCC1CCCCC1O. The van der Waals surface area contributed by atoms with Gasteiger partial charge in [-0.2, -0.15) is 11.8 Å². The Morgan fingerprint density at radius 1 is 1.41 bits per heavy atom. The molecule has 2 atom stereocenters. The highest BCUT2D eigenvalue weighted by molar-refractivity contribution is 7.99. The second kappa shape index (κ2) is 8.81. The molecule has 3 nitrogen and oxygen atoms in total. The van der Waals surface area contributed by atoms with Gasteiger partial charge in [-0.05, 0) is 25.0 Å². The molecule has 2 N–H and O–H groups in total. The molecule has 1 aliphatic carbocycles. The highest BCUT2D eigenvalue weighted by Gasteiger charge is 2.23. The van der Waals surface area contributed by atoms with E-state index in [2.05, 4.69) is 12.2 Å². The fraction of sp³-hybridized carbons (Fsp3) is 0.923. The lowest BCUT2D eigenvalue weighted by molar-refractivity contribution is -0.119. The maximum atomic E-state index is 11.5. The van der Waals surface area contributed by atoms with Gasteiger partial charge in [0.2, 0.25) is 5.91 Å². The number of nitrogens with one attached hydrogen (secondary N) is 1. The van der Waals surface area contributed by atoms with Crippen molar-refractivity contribution in [2.24, 2.45) is 5.92 Å². The van der Waals surface area contributed by atoms with Crippen molar-refractivity contribution < 1.29 is 9.90 Å². The fourth-order valence-corrected chi connectivity index (χ4v) is 3.06. The third-order valence-corrected chi connectivity index (χ3v) is 4.35. The third kappa shape index (κ3) is 6.32. The number of aliphatic hydroxyl groups excluding tert-OH is 1. The Balaban J connectivity index is 2.06. The van der Waals surface area contributed by atoms with E-state index in [-0.39, 0.29) is 17.9 Å². The van der Waals surface area contributed by atoms with Crippen LogP contribution in [0.3, 0.4) is 0 Å². The lowest BCUT2D eigenvalue weighted by atomic mass is 9.86. The molecule has 0 aromatic carbocycles. The Morgan fingerprint density at radius 2 is 2.18 bits per heavy atom. The maximum absolute atomic E-state index is 11.5. The summed E-state index contributed by atoms with van der Waals surface area (Å²) in [4.78, 5) is 11.5. The Bertz CT molecular complexity index is 223. The quantitative estimate of drug-likeness (QED) is 0.689. The van der Waals surface area contributed by atoms with Crippen molar-refractivity contribution in [3.63, 3.8) is 0 Å². The van der Waals surface area contributed by atoms with E-state index in [9.17, 15) is 9.90 Å². The molecule has 0 spiro atoms. The van der Waals surface area contributed by atoms with Crippen LogP contribution in [0, 0.1) is 5.92 Å². The van der Waals surface area contributed by atoms with E-state index in [1.807, 2.05) is 0 Å². The zero-order valence-electron chi connectivity index (χ0n) is 10.8. The molecule has 1 aliphatic rings. The number of aliphatic hydroxyl groups is 1. The van der Waals surface area contributed by atoms with Crippen LogP contribution in [0.5, 0.6) is 0 Å². The molecule has 0 aromatic heterocycles. The van der Waals surface area contributed by atoms with E-state index in [4.69, 9.17) is 0 Å². The van der Waals surface area contributed by atoms with Crippen molar-refractivity contribution in [3.8, 4) is 0 Å². The topological polar surface area (TPSA) is 49.3 Å². The van der Waals surface area contributed by atoms with E-state index in [0.29, 0.717) is 12.3 Å². The summed E-state index contributed by atoms with van der Waals surface area (Å²) in [6.07, 6.45) is 6.40. The second-order valence-corrected chi connectivity index (χ2v) is 5.93. The van der Waals surface area contributed by atoms with E-state index < -0.39 is 0 Å². The molecule has 0 heterocycles. The van der Waals surface area contributed by atoms with Gasteiger partial charge in [-0.1, -0.05) is 26.2 Å². The molecular weight excluding hydrogens is 234 g/mol. The molecule has 2 unspecified atom stereocenters. The van der Waals surface area contributed by atoms with E-state index in [1.165, 1.54) is 19.3 Å². The van der Waals surface area contributed by atoms with Gasteiger partial charge in [0.05, 0.1) is 11.9 Å². The molecule has 4 heteroatoms. The van der Waals surface area contributed by atoms with Crippen molar-refractivity contribution >= 4 is 17.7 Å². The highest BCUT2D eigenvalue weighted by Crippen LogP contribution is 2.23. The van der Waals surface area contributed by atoms with Crippen molar-refractivity contribution in [2.45, 2.75) is 51.6 Å². The van der Waals surface area contributed by atoms with E-state index in [0.717, 1.165) is 25.0 Å². The van der Waals surface area contributed by atoms with Crippen LogP contribution in [0.25, 0.3) is 0 Å². The van der Waals surface area contributed by atoms with Crippen LogP contribution in [0.2, 0.25) is 0 Å². The van der Waals surface area contributed by atoms with Gasteiger partial charge < -0.3 is 10.4 Å². The monoisotopic (exact) mass is 259 g/mol. The molecule has 1 saturated carbocycles. The average Bonchev–Trinajstić information content (AvgIpc) is 2.34. The van der Waals surface area contributed by atoms with Gasteiger partial charge in [0.1, 0.15) is 0 Å². The van der Waals surface area contributed by atoms with Crippen LogP contribution in [-0.4, -0.2) is 35.2 Å². The Labute approximate surface area is 109 Å². The smallest absolute Gasteiger partial charge is 0.230 e. The molecule has 1 rings (SSSR count). The number of rotatable bonds is 7. The Morgan fingerprint density at radius 3 is 2.88 bits per heavy atom. The van der Waals surface area contributed by atoms with Crippen LogP contribution in [-0.2, 0) is 4.79 Å². The minimum Gasteiger partial charge on any atom is -0.393 e. The van der Waals surface area contributed by atoms with Crippen LogP contribution < -0.4 is 5.32 Å². The zero-order valence-corrected chi connectivity index (χ0v) is 11.6. The molecule has 0 saturated heterocycles. The first-order valence-electron chi connectivity index (χ1n) is 6.76. The standard InChI is InChI=1S/C13H25NO2S/c1-2-3-8-17-10-13(16)14-9-11-6-4-5-7-12(11)15/h11-12,15H,2-10H2,1H3,(H,14,16). The van der Waals surface area contributed by atoms with Gasteiger partial charge in [-0.3, -0.25) is 4.79 Å². The third-order valence-electron chi connectivity index (χ3n) is 3.31. The minimum absolute atomic E-state index is 0.115. The van der Waals surface area contributed by atoms with Gasteiger partial charge in [0.25, 0.3) is 0 Å². The van der Waals surface area contributed by atoms with Crippen LogP contribution in [0.15, 0.2) is 0 Å². The molecule has 0 aliphatic heterocycles. The number of hydrogen-bond donors (Lipinski definition) is 2. The Hall–Kier alpha value is -0.220. The predicted octanol–water partition coefficient (Wildman–Crippen LogP) is 2.19. The van der Waals surface area contributed by atoms with E-state index >= 15 is 0 Å². The number of hydrogen-bond acceptors (Lipinski definition) is 3. The molecule has 17 heavy (non-hydrogen) atoms. The summed E-state index contributed by atoms with van der Waals surface area (Å²) in [6, 6.07) is 0. The molecular formula is C13H25NO2S. The Kier molecular flexibility index (Phi) is 7.69. The summed E-state index contributed by atoms with van der Waals surface area (Å²) in [5, 5.41) is 12.7. The summed E-state index contributed by atoms with van der Waals surface area (Å²) in [5.74, 6) is 2.01. The second-order valence-electron chi connectivity index (χ2n) is 4.82. The van der Waals surface area contributed by atoms with Crippen LogP contribution in [0.4, 0.5) is 0 Å². The van der Waals surface area contributed by atoms with Gasteiger partial charge in [-0.25, -0.2) is 0 Å². The number of amides is 1. The first kappa shape index (κ1) is 14.8. The molecule has 100 valence electrons. The molecule has 1 amide bonds. The average molecular weight is 259 g/mol. The summed E-state index contributed by atoms with van der Waals surface area (Å²) < 4.78 is 0.